The van der Waals surface area contributed by atoms with Crippen LogP contribution in [0.5, 0.6) is 0 Å². The Hall–Kier alpha value is -0.960. The van der Waals surface area contributed by atoms with Gasteiger partial charge in [-0.25, -0.2) is 4.39 Å². The minimum absolute atomic E-state index is 0.141. The van der Waals surface area contributed by atoms with Crippen LogP contribution >= 0.6 is 11.8 Å². The maximum atomic E-state index is 13.5. The van der Waals surface area contributed by atoms with Gasteiger partial charge in [-0.05, 0) is 24.8 Å². The van der Waals surface area contributed by atoms with Crippen molar-refractivity contribution in [1.29, 1.82) is 0 Å². The summed E-state index contributed by atoms with van der Waals surface area (Å²) in [6.07, 6.45) is 1.97. The van der Waals surface area contributed by atoms with E-state index < -0.39 is 0 Å². The van der Waals surface area contributed by atoms with Gasteiger partial charge in [-0.15, -0.1) is 11.8 Å². The third kappa shape index (κ3) is 3.77. The molecule has 1 N–H and O–H groups in total. The molecule has 0 aliphatic carbocycles. The van der Waals surface area contributed by atoms with Crippen LogP contribution in [0.2, 0.25) is 0 Å². The molecule has 0 fully saturated rings. The number of thioether (sulfide) groups is 1. The van der Waals surface area contributed by atoms with Crippen molar-refractivity contribution in [2.24, 2.45) is 0 Å². The molecule has 2 aromatic rings. The second-order valence-corrected chi connectivity index (χ2v) is 3.85. The Bertz CT molecular complexity index is 449. The van der Waals surface area contributed by atoms with E-state index >= 15 is 0 Å². The van der Waals surface area contributed by atoms with Crippen LogP contribution in [0.4, 0.5) is 4.39 Å². The highest BCUT2D eigenvalue weighted by Gasteiger charge is 2.06. The van der Waals surface area contributed by atoms with Gasteiger partial charge in [0.15, 0.2) is 0 Å². The van der Waals surface area contributed by atoms with Gasteiger partial charge in [-0.3, -0.25) is 0 Å². The zero-order valence-corrected chi connectivity index (χ0v) is 12.3. The van der Waals surface area contributed by atoms with Crippen LogP contribution in [-0.2, 0) is 0 Å². The van der Waals surface area contributed by atoms with Crippen molar-refractivity contribution in [3.8, 4) is 0 Å². The largest absolute Gasteiger partial charge is 0.347 e. The molecular formula is C14H22FNS. The number of aromatic nitrogens is 1. The van der Waals surface area contributed by atoms with E-state index in [9.17, 15) is 4.39 Å². The average molecular weight is 255 g/mol. The summed E-state index contributed by atoms with van der Waals surface area (Å²) in [7, 11) is 0. The molecule has 0 bridgehead atoms. The highest BCUT2D eigenvalue weighted by Crippen LogP contribution is 2.24. The Morgan fingerprint density at radius 1 is 1.12 bits per heavy atom. The number of hydrogen-bond acceptors (Lipinski definition) is 1. The molecule has 0 saturated carbocycles. The van der Waals surface area contributed by atoms with E-state index in [1.165, 1.54) is 0 Å². The van der Waals surface area contributed by atoms with Gasteiger partial charge in [0.2, 0.25) is 0 Å². The van der Waals surface area contributed by atoms with Crippen molar-refractivity contribution in [3.05, 3.63) is 29.6 Å². The number of rotatable bonds is 1. The highest BCUT2D eigenvalue weighted by molar-refractivity contribution is 7.98. The average Bonchev–Trinajstić information content (AvgIpc) is 2.83. The maximum absolute atomic E-state index is 13.5. The van der Waals surface area contributed by atoms with Crippen LogP contribution in [0, 0.1) is 12.7 Å². The van der Waals surface area contributed by atoms with Crippen LogP contribution in [0.25, 0.3) is 10.9 Å². The van der Waals surface area contributed by atoms with Crippen LogP contribution in [0.3, 0.4) is 0 Å². The Balaban J connectivity index is 0.000000581. The Morgan fingerprint density at radius 3 is 2.24 bits per heavy atom. The summed E-state index contributed by atoms with van der Waals surface area (Å²) in [6.45, 7) is 9.77. The van der Waals surface area contributed by atoms with Gasteiger partial charge in [0.1, 0.15) is 5.82 Å². The van der Waals surface area contributed by atoms with Gasteiger partial charge in [-0.1, -0.05) is 39.8 Å². The standard InChI is InChI=1S/C10H10FNS.2C2H6/c1-6-3-4-7-5-8(13-2)12-10(7)9(6)11;2*1-2/h3-5,12H,1-2H3;2*1-2H3. The van der Waals surface area contributed by atoms with Crippen molar-refractivity contribution in [2.75, 3.05) is 6.26 Å². The highest BCUT2D eigenvalue weighted by atomic mass is 32.2. The predicted octanol–water partition coefficient (Wildman–Crippen LogP) is 5.39. The molecule has 1 nitrogen and oxygen atoms in total. The minimum atomic E-state index is -0.141. The van der Waals surface area contributed by atoms with E-state index in [0.29, 0.717) is 11.1 Å². The SMILES string of the molecule is CC.CC.CSc1cc2ccc(C)c(F)c2[nH]1. The van der Waals surface area contributed by atoms with E-state index in [1.54, 1.807) is 24.8 Å². The predicted molar refractivity (Wildman–Crippen MR) is 77.5 cm³/mol. The molecule has 0 saturated heterocycles. The normalized spacial score (nSPS) is 9.12. The zero-order chi connectivity index (χ0) is 13.4. The molecule has 3 heteroatoms. The lowest BCUT2D eigenvalue weighted by Crippen LogP contribution is -1.82. The third-order valence-electron chi connectivity index (χ3n) is 2.12. The van der Waals surface area contributed by atoms with Gasteiger partial charge in [0.25, 0.3) is 0 Å². The molecule has 0 atom stereocenters. The summed E-state index contributed by atoms with van der Waals surface area (Å²) in [6, 6.07) is 5.70. The monoisotopic (exact) mass is 255 g/mol. The van der Waals surface area contributed by atoms with Crippen LogP contribution in [0.15, 0.2) is 23.2 Å². The Morgan fingerprint density at radius 2 is 1.71 bits per heavy atom. The molecule has 96 valence electrons. The van der Waals surface area contributed by atoms with Crippen LogP contribution in [0.1, 0.15) is 33.3 Å². The van der Waals surface area contributed by atoms with E-state index in [1.807, 2.05) is 46.1 Å². The second-order valence-electron chi connectivity index (χ2n) is 3.00. The van der Waals surface area contributed by atoms with E-state index in [2.05, 4.69) is 4.98 Å². The fourth-order valence-electron chi connectivity index (χ4n) is 1.35. The van der Waals surface area contributed by atoms with Crippen molar-refractivity contribution >= 4 is 22.7 Å². The maximum Gasteiger partial charge on any atom is 0.150 e. The lowest BCUT2D eigenvalue weighted by molar-refractivity contribution is 0.627. The number of aryl methyl sites for hydroxylation is 1. The van der Waals surface area contributed by atoms with Crippen LogP contribution in [-0.4, -0.2) is 11.2 Å². The molecule has 0 aliphatic heterocycles. The van der Waals surface area contributed by atoms with Crippen LogP contribution < -0.4 is 0 Å². The van der Waals surface area contributed by atoms with Crippen molar-refractivity contribution in [3.63, 3.8) is 0 Å². The number of nitrogens with one attached hydrogen (secondary N) is 1. The number of H-pyrrole nitrogens is 1. The first kappa shape index (κ1) is 16.0. The van der Waals surface area contributed by atoms with Crippen molar-refractivity contribution < 1.29 is 4.39 Å². The molecule has 0 amide bonds. The topological polar surface area (TPSA) is 15.8 Å². The molecule has 0 spiro atoms. The fraction of sp³-hybridized carbons (Fsp3) is 0.429. The smallest absolute Gasteiger partial charge is 0.150 e. The van der Waals surface area contributed by atoms with Gasteiger partial charge in [-0.2, -0.15) is 0 Å². The fourth-order valence-corrected chi connectivity index (χ4v) is 1.80. The van der Waals surface area contributed by atoms with Gasteiger partial charge < -0.3 is 4.98 Å². The number of aromatic amines is 1. The van der Waals surface area contributed by atoms with E-state index in [0.717, 1.165) is 10.4 Å². The summed E-state index contributed by atoms with van der Waals surface area (Å²) >= 11 is 1.59. The molecule has 1 aromatic carbocycles. The lowest BCUT2D eigenvalue weighted by atomic mass is 10.2. The third-order valence-corrected chi connectivity index (χ3v) is 2.78. The number of fused-ring (bicyclic) bond motifs is 1. The first-order chi connectivity index (χ1) is 8.22. The number of hydrogen-bond donors (Lipinski definition) is 1. The molecular weight excluding hydrogens is 233 g/mol. The van der Waals surface area contributed by atoms with E-state index in [4.69, 9.17) is 0 Å². The van der Waals surface area contributed by atoms with Crippen molar-refractivity contribution in [2.45, 2.75) is 39.6 Å². The zero-order valence-electron chi connectivity index (χ0n) is 11.5. The minimum Gasteiger partial charge on any atom is -0.347 e. The summed E-state index contributed by atoms with van der Waals surface area (Å²) in [4.78, 5) is 3.04. The van der Waals surface area contributed by atoms with Gasteiger partial charge in [0, 0.05) is 5.39 Å². The first-order valence-electron chi connectivity index (χ1n) is 6.04. The molecule has 17 heavy (non-hydrogen) atoms. The first-order valence-corrected chi connectivity index (χ1v) is 7.26. The van der Waals surface area contributed by atoms with Crippen molar-refractivity contribution in [1.82, 2.24) is 4.98 Å². The Kier molecular flexibility index (Phi) is 7.72. The number of benzene rings is 1. The molecule has 0 radical (unpaired) electrons. The molecule has 2 rings (SSSR count). The quantitative estimate of drug-likeness (QED) is 0.675. The lowest BCUT2D eigenvalue weighted by Gasteiger charge is -1.96. The summed E-state index contributed by atoms with van der Waals surface area (Å²) in [5, 5.41) is 1.94. The number of halogens is 1. The van der Waals surface area contributed by atoms with Gasteiger partial charge >= 0.3 is 0 Å². The summed E-state index contributed by atoms with van der Waals surface area (Å²) < 4.78 is 13.5. The molecule has 0 aliphatic rings. The summed E-state index contributed by atoms with van der Waals surface area (Å²) in [5.41, 5.74) is 1.30. The van der Waals surface area contributed by atoms with E-state index in [-0.39, 0.29) is 5.82 Å². The molecule has 1 heterocycles. The molecule has 1 aromatic heterocycles. The van der Waals surface area contributed by atoms with Gasteiger partial charge in [0.05, 0.1) is 10.5 Å². The Labute approximate surface area is 108 Å². The summed E-state index contributed by atoms with van der Waals surface area (Å²) in [5.74, 6) is -0.141. The second kappa shape index (κ2) is 8.18. The molecule has 0 unspecified atom stereocenters.